The minimum Gasteiger partial charge on any atom is -0.481 e. The molecule has 0 aliphatic carbocycles. The highest BCUT2D eigenvalue weighted by atomic mass is 32.2. The molecule has 0 bridgehead atoms. The molecule has 0 aromatic heterocycles. The molecule has 1 aromatic carbocycles. The van der Waals surface area contributed by atoms with E-state index in [1.807, 2.05) is 0 Å². The van der Waals surface area contributed by atoms with Gasteiger partial charge >= 0.3 is 5.97 Å². The Morgan fingerprint density at radius 1 is 1.27 bits per heavy atom. The molecule has 0 spiro atoms. The molecule has 0 atom stereocenters. The van der Waals surface area contributed by atoms with Crippen molar-refractivity contribution >= 4 is 21.9 Å². The van der Waals surface area contributed by atoms with Gasteiger partial charge in [-0.25, -0.2) is 13.1 Å². The zero-order valence-corrected chi connectivity index (χ0v) is 13.3. The van der Waals surface area contributed by atoms with Crippen LogP contribution in [-0.2, 0) is 14.8 Å². The van der Waals surface area contributed by atoms with Crippen LogP contribution >= 0.6 is 0 Å². The number of rotatable bonds is 8. The third-order valence-corrected chi connectivity index (χ3v) is 4.31. The molecule has 22 heavy (non-hydrogen) atoms. The molecule has 0 fully saturated rings. The first-order valence-corrected chi connectivity index (χ1v) is 8.33. The van der Waals surface area contributed by atoms with Crippen LogP contribution in [0.3, 0.4) is 0 Å². The summed E-state index contributed by atoms with van der Waals surface area (Å²) in [7, 11) is -3.66. The van der Waals surface area contributed by atoms with Gasteiger partial charge in [-0.3, -0.25) is 9.59 Å². The highest BCUT2D eigenvalue weighted by Crippen LogP contribution is 2.12. The van der Waals surface area contributed by atoms with Gasteiger partial charge in [-0.2, -0.15) is 0 Å². The average Bonchev–Trinajstić information content (AvgIpc) is 2.42. The zero-order chi connectivity index (χ0) is 16.8. The number of aliphatic carboxylic acids is 1. The highest BCUT2D eigenvalue weighted by molar-refractivity contribution is 7.89. The molecule has 1 rings (SSSR count). The molecule has 1 aromatic rings. The summed E-state index contributed by atoms with van der Waals surface area (Å²) in [6.45, 7) is 3.62. The molecule has 0 unspecified atom stereocenters. The molecular weight excluding hydrogens is 308 g/mol. The van der Waals surface area contributed by atoms with Gasteiger partial charge in [0.15, 0.2) is 0 Å². The topological polar surface area (TPSA) is 113 Å². The number of carbonyl (C=O) groups is 2. The van der Waals surface area contributed by atoms with Crippen molar-refractivity contribution in [2.75, 3.05) is 6.54 Å². The number of benzene rings is 1. The Balaban J connectivity index is 2.75. The molecule has 0 aliphatic heterocycles. The molecule has 122 valence electrons. The quantitative estimate of drug-likeness (QED) is 0.615. The van der Waals surface area contributed by atoms with E-state index in [-0.39, 0.29) is 29.5 Å². The highest BCUT2D eigenvalue weighted by Gasteiger charge is 2.17. The Bertz CT molecular complexity index is 640. The van der Waals surface area contributed by atoms with E-state index in [1.165, 1.54) is 24.3 Å². The van der Waals surface area contributed by atoms with Crippen molar-refractivity contribution in [1.29, 1.82) is 0 Å². The van der Waals surface area contributed by atoms with Crippen LogP contribution in [0.5, 0.6) is 0 Å². The van der Waals surface area contributed by atoms with Gasteiger partial charge in [-0.05, 0) is 38.5 Å². The van der Waals surface area contributed by atoms with Gasteiger partial charge in [0.1, 0.15) is 0 Å². The van der Waals surface area contributed by atoms with Crippen LogP contribution in [-0.4, -0.2) is 38.0 Å². The zero-order valence-electron chi connectivity index (χ0n) is 12.5. The molecule has 0 aliphatic rings. The Hall–Kier alpha value is -1.93. The second-order valence-corrected chi connectivity index (χ2v) is 6.77. The van der Waals surface area contributed by atoms with Gasteiger partial charge < -0.3 is 10.4 Å². The molecule has 0 radical (unpaired) electrons. The number of amides is 1. The van der Waals surface area contributed by atoms with Crippen LogP contribution in [0.1, 0.15) is 37.0 Å². The standard InChI is InChI=1S/C14H20N2O5S/c1-10(2)16-22(20,21)12-6-3-5-11(9-12)14(19)15-8-4-7-13(17)18/h3,5-6,9-10,16H,4,7-8H2,1-2H3,(H,15,19)(H,17,18). The van der Waals surface area contributed by atoms with E-state index in [0.717, 1.165) is 0 Å². The van der Waals surface area contributed by atoms with Gasteiger partial charge in [0, 0.05) is 24.6 Å². The second-order valence-electron chi connectivity index (χ2n) is 5.06. The average molecular weight is 328 g/mol. The Morgan fingerprint density at radius 2 is 1.95 bits per heavy atom. The molecular formula is C14H20N2O5S. The van der Waals surface area contributed by atoms with E-state index in [0.29, 0.717) is 6.42 Å². The minimum absolute atomic E-state index is 0.0133. The van der Waals surface area contributed by atoms with Crippen LogP contribution in [0.15, 0.2) is 29.2 Å². The number of hydrogen-bond donors (Lipinski definition) is 3. The summed E-state index contributed by atoms with van der Waals surface area (Å²) in [6.07, 6.45) is 0.279. The van der Waals surface area contributed by atoms with Crippen LogP contribution in [0.25, 0.3) is 0 Å². The van der Waals surface area contributed by atoms with E-state index < -0.39 is 21.9 Å². The van der Waals surface area contributed by atoms with Crippen LogP contribution in [0, 0.1) is 0 Å². The maximum absolute atomic E-state index is 12.0. The number of carboxylic acid groups (broad SMARTS) is 1. The predicted octanol–water partition coefficient (Wildman–Crippen LogP) is 0.968. The predicted molar refractivity (Wildman–Crippen MR) is 81.1 cm³/mol. The molecule has 7 nitrogen and oxygen atoms in total. The molecule has 8 heteroatoms. The molecule has 3 N–H and O–H groups in total. The van der Waals surface area contributed by atoms with Crippen molar-refractivity contribution < 1.29 is 23.1 Å². The van der Waals surface area contributed by atoms with E-state index >= 15 is 0 Å². The van der Waals surface area contributed by atoms with E-state index in [9.17, 15) is 18.0 Å². The lowest BCUT2D eigenvalue weighted by Gasteiger charge is -2.10. The number of nitrogens with one attached hydrogen (secondary N) is 2. The summed E-state index contributed by atoms with van der Waals surface area (Å²) >= 11 is 0. The Labute approximate surface area is 129 Å². The van der Waals surface area contributed by atoms with Crippen LogP contribution in [0.2, 0.25) is 0 Å². The maximum Gasteiger partial charge on any atom is 0.303 e. The first kappa shape index (κ1) is 18.1. The number of carbonyl (C=O) groups excluding carboxylic acids is 1. The minimum atomic E-state index is -3.66. The van der Waals surface area contributed by atoms with Gasteiger partial charge in [-0.15, -0.1) is 0 Å². The van der Waals surface area contributed by atoms with Crippen molar-refractivity contribution in [1.82, 2.24) is 10.0 Å². The van der Waals surface area contributed by atoms with Crippen molar-refractivity contribution in [2.45, 2.75) is 37.6 Å². The van der Waals surface area contributed by atoms with Gasteiger partial charge in [-0.1, -0.05) is 6.07 Å². The fraction of sp³-hybridized carbons (Fsp3) is 0.429. The summed E-state index contributed by atoms with van der Waals surface area (Å²) in [4.78, 5) is 22.3. The summed E-state index contributed by atoms with van der Waals surface area (Å²) in [5, 5.41) is 11.1. The molecule has 0 saturated carbocycles. The Morgan fingerprint density at radius 3 is 2.55 bits per heavy atom. The lowest BCUT2D eigenvalue weighted by molar-refractivity contribution is -0.137. The lowest BCUT2D eigenvalue weighted by Crippen LogP contribution is -2.30. The first-order valence-electron chi connectivity index (χ1n) is 6.85. The lowest BCUT2D eigenvalue weighted by atomic mass is 10.2. The van der Waals surface area contributed by atoms with E-state index in [2.05, 4.69) is 10.0 Å². The molecule has 0 heterocycles. The van der Waals surface area contributed by atoms with Gasteiger partial charge in [0.2, 0.25) is 10.0 Å². The number of carboxylic acids is 1. The van der Waals surface area contributed by atoms with Crippen molar-refractivity contribution in [3.63, 3.8) is 0 Å². The fourth-order valence-corrected chi connectivity index (χ4v) is 3.02. The van der Waals surface area contributed by atoms with Gasteiger partial charge in [0.25, 0.3) is 5.91 Å². The van der Waals surface area contributed by atoms with Crippen LogP contribution < -0.4 is 10.0 Å². The summed E-state index contributed by atoms with van der Waals surface area (Å²) < 4.78 is 26.5. The first-order chi connectivity index (χ1) is 10.2. The van der Waals surface area contributed by atoms with E-state index in [1.54, 1.807) is 13.8 Å². The normalized spacial score (nSPS) is 11.4. The largest absolute Gasteiger partial charge is 0.481 e. The third kappa shape index (κ3) is 5.82. The third-order valence-electron chi connectivity index (χ3n) is 2.65. The smallest absolute Gasteiger partial charge is 0.303 e. The monoisotopic (exact) mass is 328 g/mol. The number of sulfonamides is 1. The maximum atomic E-state index is 12.0. The second kappa shape index (κ2) is 7.90. The van der Waals surface area contributed by atoms with Crippen molar-refractivity contribution in [3.8, 4) is 0 Å². The Kier molecular flexibility index (Phi) is 6.51. The van der Waals surface area contributed by atoms with Crippen molar-refractivity contribution in [3.05, 3.63) is 29.8 Å². The molecule has 1 amide bonds. The summed E-state index contributed by atoms with van der Waals surface area (Å²) in [5.41, 5.74) is 0.210. The SMILES string of the molecule is CC(C)NS(=O)(=O)c1cccc(C(=O)NCCCC(=O)O)c1. The number of hydrogen-bond acceptors (Lipinski definition) is 4. The molecule has 0 saturated heterocycles. The van der Waals surface area contributed by atoms with E-state index in [4.69, 9.17) is 5.11 Å². The van der Waals surface area contributed by atoms with Crippen LogP contribution in [0.4, 0.5) is 0 Å². The summed E-state index contributed by atoms with van der Waals surface area (Å²) in [5.74, 6) is -1.37. The van der Waals surface area contributed by atoms with Crippen molar-refractivity contribution in [2.24, 2.45) is 0 Å². The fourth-order valence-electron chi connectivity index (χ4n) is 1.73. The van der Waals surface area contributed by atoms with Gasteiger partial charge in [0.05, 0.1) is 4.90 Å². The summed E-state index contributed by atoms with van der Waals surface area (Å²) in [6, 6.07) is 5.43.